The lowest BCUT2D eigenvalue weighted by atomic mass is 9.64. The molecule has 4 aliphatic rings. The quantitative estimate of drug-likeness (QED) is 0.636. The average molecular weight is 195 g/mol. The minimum Gasteiger partial charge on any atom is -0.462 e. The van der Waals surface area contributed by atoms with Crippen molar-refractivity contribution in [1.29, 1.82) is 0 Å². The normalized spacial score (nSPS) is 50.4. The van der Waals surface area contributed by atoms with Crippen LogP contribution in [-0.4, -0.2) is 24.7 Å². The minimum absolute atomic E-state index is 0.0642. The lowest BCUT2D eigenvalue weighted by Crippen LogP contribution is -2.53. The highest BCUT2D eigenvalue weighted by Gasteiger charge is 2.51. The van der Waals surface area contributed by atoms with Crippen molar-refractivity contribution in [3.05, 3.63) is 0 Å². The van der Waals surface area contributed by atoms with E-state index >= 15 is 0 Å². The van der Waals surface area contributed by atoms with Gasteiger partial charge in [-0.2, -0.15) is 0 Å². The van der Waals surface area contributed by atoms with Crippen LogP contribution in [0.5, 0.6) is 0 Å². The lowest BCUT2D eigenvalue weighted by Gasteiger charge is -2.46. The average Bonchev–Trinajstić information content (AvgIpc) is 2.30. The van der Waals surface area contributed by atoms with E-state index in [1.165, 1.54) is 6.42 Å². The van der Waals surface area contributed by atoms with Crippen LogP contribution in [0.15, 0.2) is 0 Å². The van der Waals surface area contributed by atoms with E-state index in [1.807, 2.05) is 7.05 Å². The molecule has 0 aromatic rings. The van der Waals surface area contributed by atoms with Crippen molar-refractivity contribution in [3.63, 3.8) is 0 Å². The number of rotatable bonds is 1. The molecule has 2 saturated heterocycles. The number of hydrogen-bond acceptors (Lipinski definition) is 3. The molecule has 4 fully saturated rings. The molecule has 0 aromatic carbocycles. The van der Waals surface area contributed by atoms with E-state index in [9.17, 15) is 4.79 Å². The van der Waals surface area contributed by atoms with E-state index in [1.54, 1.807) is 0 Å². The van der Waals surface area contributed by atoms with Gasteiger partial charge in [0.1, 0.15) is 6.10 Å². The number of carbonyl (C=O) groups excluding carboxylic acids is 1. The van der Waals surface area contributed by atoms with Gasteiger partial charge in [-0.3, -0.25) is 4.79 Å². The van der Waals surface area contributed by atoms with Crippen LogP contribution in [-0.2, 0) is 9.53 Å². The van der Waals surface area contributed by atoms with Crippen molar-refractivity contribution in [3.8, 4) is 0 Å². The maximum atomic E-state index is 11.7. The Balaban J connectivity index is 1.97. The zero-order chi connectivity index (χ0) is 9.76. The van der Waals surface area contributed by atoms with Gasteiger partial charge in [0.2, 0.25) is 0 Å². The number of hydrogen-bond donors (Lipinski definition) is 1. The summed E-state index contributed by atoms with van der Waals surface area (Å²) < 4.78 is 5.48. The second-order valence-electron chi connectivity index (χ2n) is 5.24. The maximum absolute atomic E-state index is 11.7. The molecule has 4 rings (SSSR count). The fraction of sp³-hybridized carbons (Fsp3) is 0.909. The fourth-order valence-electron chi connectivity index (χ4n) is 3.75. The summed E-state index contributed by atoms with van der Waals surface area (Å²) in [5.41, 5.74) is 0.211. The largest absolute Gasteiger partial charge is 0.462 e. The molecule has 0 spiro atoms. The van der Waals surface area contributed by atoms with E-state index in [0.717, 1.165) is 25.7 Å². The molecule has 0 amide bonds. The Morgan fingerprint density at radius 3 is 3.00 bits per heavy atom. The molecule has 14 heavy (non-hydrogen) atoms. The summed E-state index contributed by atoms with van der Waals surface area (Å²) >= 11 is 0. The first-order chi connectivity index (χ1) is 6.71. The molecule has 2 heterocycles. The first-order valence-electron chi connectivity index (χ1n) is 5.60. The van der Waals surface area contributed by atoms with Gasteiger partial charge in [-0.25, -0.2) is 0 Å². The summed E-state index contributed by atoms with van der Waals surface area (Å²) in [6.45, 7) is 0. The molecule has 0 aromatic heterocycles. The van der Waals surface area contributed by atoms with Crippen LogP contribution >= 0.6 is 0 Å². The Morgan fingerprint density at radius 1 is 1.36 bits per heavy atom. The third kappa shape index (κ3) is 1.11. The van der Waals surface area contributed by atoms with Crippen molar-refractivity contribution < 1.29 is 9.53 Å². The number of esters is 1. The third-order valence-electron chi connectivity index (χ3n) is 4.30. The van der Waals surface area contributed by atoms with Crippen molar-refractivity contribution in [2.24, 2.45) is 11.8 Å². The van der Waals surface area contributed by atoms with E-state index in [2.05, 4.69) is 5.32 Å². The van der Waals surface area contributed by atoms with Gasteiger partial charge in [-0.15, -0.1) is 0 Å². The lowest BCUT2D eigenvalue weighted by molar-refractivity contribution is -0.151. The smallest absolute Gasteiger partial charge is 0.309 e. The van der Waals surface area contributed by atoms with Gasteiger partial charge in [0, 0.05) is 12.0 Å². The summed E-state index contributed by atoms with van der Waals surface area (Å²) in [5, 5.41) is 3.44. The summed E-state index contributed by atoms with van der Waals surface area (Å²) in [7, 11) is 2.03. The van der Waals surface area contributed by atoms with Gasteiger partial charge >= 0.3 is 5.97 Å². The highest BCUT2D eigenvalue weighted by Crippen LogP contribution is 2.49. The third-order valence-corrected chi connectivity index (χ3v) is 4.30. The van der Waals surface area contributed by atoms with Crippen LogP contribution in [0, 0.1) is 11.8 Å². The van der Waals surface area contributed by atoms with Crippen LogP contribution < -0.4 is 5.32 Å². The van der Waals surface area contributed by atoms with Gasteiger partial charge in [-0.1, -0.05) is 0 Å². The molecule has 78 valence electrons. The number of fused-ring (bicyclic) bond motifs is 1. The monoisotopic (exact) mass is 195 g/mol. The summed E-state index contributed by atoms with van der Waals surface area (Å²) in [5.74, 6) is 0.953. The van der Waals surface area contributed by atoms with E-state index in [0.29, 0.717) is 5.92 Å². The highest BCUT2D eigenvalue weighted by atomic mass is 16.5. The second-order valence-corrected chi connectivity index (χ2v) is 5.24. The molecule has 2 aliphatic heterocycles. The van der Waals surface area contributed by atoms with Crippen molar-refractivity contribution in [2.45, 2.75) is 43.7 Å². The molecular weight excluding hydrogens is 178 g/mol. The number of carbonyl (C=O) groups is 1. The second kappa shape index (κ2) is 2.72. The zero-order valence-electron chi connectivity index (χ0n) is 8.58. The van der Waals surface area contributed by atoms with Gasteiger partial charge in [0.15, 0.2) is 0 Å². The summed E-state index contributed by atoms with van der Waals surface area (Å²) in [6.07, 6.45) is 5.64. The molecule has 1 N–H and O–H groups in total. The van der Waals surface area contributed by atoms with Crippen LogP contribution in [0.25, 0.3) is 0 Å². The number of ether oxygens (including phenoxy) is 1. The van der Waals surface area contributed by atoms with E-state index < -0.39 is 0 Å². The van der Waals surface area contributed by atoms with Gasteiger partial charge in [0.05, 0.1) is 5.92 Å². The first-order valence-corrected chi connectivity index (χ1v) is 5.60. The molecule has 0 radical (unpaired) electrons. The Bertz CT molecular complexity index is 278. The predicted octanol–water partition coefficient (Wildman–Crippen LogP) is 1.08. The molecule has 3 heteroatoms. The van der Waals surface area contributed by atoms with E-state index in [-0.39, 0.29) is 23.5 Å². The first kappa shape index (κ1) is 8.72. The van der Waals surface area contributed by atoms with Crippen LogP contribution in [0.2, 0.25) is 0 Å². The summed E-state index contributed by atoms with van der Waals surface area (Å²) in [4.78, 5) is 11.7. The van der Waals surface area contributed by atoms with Crippen LogP contribution in [0.4, 0.5) is 0 Å². The Kier molecular flexibility index (Phi) is 1.69. The fourth-order valence-corrected chi connectivity index (χ4v) is 3.75. The van der Waals surface area contributed by atoms with Crippen molar-refractivity contribution in [1.82, 2.24) is 5.32 Å². The zero-order valence-corrected chi connectivity index (χ0v) is 8.58. The molecule has 3 nitrogen and oxygen atoms in total. The topological polar surface area (TPSA) is 38.3 Å². The molecule has 4 atom stereocenters. The maximum Gasteiger partial charge on any atom is 0.309 e. The molecule has 2 saturated carbocycles. The summed E-state index contributed by atoms with van der Waals surface area (Å²) in [6, 6.07) is 0. The van der Waals surface area contributed by atoms with Gasteiger partial charge in [0.25, 0.3) is 0 Å². The Labute approximate surface area is 84.2 Å². The van der Waals surface area contributed by atoms with Crippen molar-refractivity contribution in [2.75, 3.05) is 7.05 Å². The van der Waals surface area contributed by atoms with E-state index in [4.69, 9.17) is 4.74 Å². The van der Waals surface area contributed by atoms with Gasteiger partial charge < -0.3 is 10.1 Å². The SMILES string of the molecule is CNC12CC3CC(C1)OC(=O)C(C3)C2. The van der Waals surface area contributed by atoms with Crippen LogP contribution in [0.1, 0.15) is 32.1 Å². The van der Waals surface area contributed by atoms with Crippen molar-refractivity contribution >= 4 is 5.97 Å². The van der Waals surface area contributed by atoms with Crippen LogP contribution in [0.3, 0.4) is 0 Å². The molecular formula is C11H17NO2. The standard InChI is InChI=1S/C11H17NO2/c1-12-11-4-7-2-8(5-11)10(13)14-9(3-7)6-11/h7-9,12H,2-6H2,1H3. The van der Waals surface area contributed by atoms with Gasteiger partial charge in [-0.05, 0) is 38.6 Å². The number of nitrogens with one attached hydrogen (secondary N) is 1. The Hall–Kier alpha value is -0.570. The highest BCUT2D eigenvalue weighted by molar-refractivity contribution is 5.73. The predicted molar refractivity (Wildman–Crippen MR) is 51.7 cm³/mol. The molecule has 4 bridgehead atoms. The Morgan fingerprint density at radius 2 is 2.21 bits per heavy atom. The molecule has 2 aliphatic carbocycles. The minimum atomic E-state index is 0.0642. The molecule has 4 unspecified atom stereocenters.